The SMILES string of the molecule is CC(C)[C@H](O)CC(C)[N+](=O)[O-]. The summed E-state index contributed by atoms with van der Waals surface area (Å²) >= 11 is 0. The number of hydrogen-bond acceptors (Lipinski definition) is 3. The molecular weight excluding hydrogens is 146 g/mol. The minimum absolute atomic E-state index is 0.0948. The molecule has 0 fully saturated rings. The Labute approximate surface area is 66.4 Å². The van der Waals surface area contributed by atoms with Crippen molar-refractivity contribution < 1.29 is 10.0 Å². The fraction of sp³-hybridized carbons (Fsp3) is 1.00. The Morgan fingerprint density at radius 2 is 1.91 bits per heavy atom. The summed E-state index contributed by atoms with van der Waals surface area (Å²) in [5, 5.41) is 19.4. The zero-order valence-electron chi connectivity index (χ0n) is 7.15. The highest BCUT2D eigenvalue weighted by Crippen LogP contribution is 2.09. The number of hydrogen-bond donors (Lipinski definition) is 1. The van der Waals surface area contributed by atoms with Crippen molar-refractivity contribution in [2.75, 3.05) is 0 Å². The Balaban J connectivity index is 3.75. The van der Waals surface area contributed by atoms with E-state index in [0.717, 1.165) is 0 Å². The number of aliphatic hydroxyl groups is 1. The Kier molecular flexibility index (Phi) is 4.03. The van der Waals surface area contributed by atoms with Crippen LogP contribution in [0.5, 0.6) is 0 Å². The lowest BCUT2D eigenvalue weighted by Gasteiger charge is -2.14. The molecule has 0 rings (SSSR count). The molecule has 2 atom stereocenters. The number of nitro groups is 1. The third-order valence-corrected chi connectivity index (χ3v) is 1.71. The molecule has 0 saturated carbocycles. The fourth-order valence-corrected chi connectivity index (χ4v) is 0.708. The molecule has 0 spiro atoms. The van der Waals surface area contributed by atoms with Crippen LogP contribution in [-0.2, 0) is 0 Å². The molecule has 0 aromatic carbocycles. The van der Waals surface area contributed by atoms with E-state index in [1.807, 2.05) is 13.8 Å². The molecule has 4 heteroatoms. The van der Waals surface area contributed by atoms with Gasteiger partial charge in [0, 0.05) is 18.3 Å². The number of aliphatic hydroxyl groups excluding tert-OH is 1. The molecule has 1 N–H and O–H groups in total. The van der Waals surface area contributed by atoms with E-state index >= 15 is 0 Å². The second kappa shape index (κ2) is 4.28. The van der Waals surface area contributed by atoms with Crippen molar-refractivity contribution in [3.05, 3.63) is 10.1 Å². The highest BCUT2D eigenvalue weighted by atomic mass is 16.6. The quantitative estimate of drug-likeness (QED) is 0.495. The third kappa shape index (κ3) is 3.93. The monoisotopic (exact) mass is 161 g/mol. The summed E-state index contributed by atoms with van der Waals surface area (Å²) in [6.07, 6.45) is -0.319. The van der Waals surface area contributed by atoms with Crippen LogP contribution in [0, 0.1) is 16.0 Å². The van der Waals surface area contributed by atoms with E-state index in [4.69, 9.17) is 0 Å². The van der Waals surface area contributed by atoms with Gasteiger partial charge in [-0.25, -0.2) is 0 Å². The Morgan fingerprint density at radius 1 is 1.45 bits per heavy atom. The van der Waals surface area contributed by atoms with Crippen LogP contribution in [0.4, 0.5) is 0 Å². The van der Waals surface area contributed by atoms with Crippen molar-refractivity contribution in [3.8, 4) is 0 Å². The van der Waals surface area contributed by atoms with E-state index in [9.17, 15) is 15.2 Å². The van der Waals surface area contributed by atoms with E-state index in [1.54, 1.807) is 0 Å². The van der Waals surface area contributed by atoms with Gasteiger partial charge >= 0.3 is 0 Å². The smallest absolute Gasteiger partial charge is 0.212 e. The van der Waals surface area contributed by atoms with Crippen molar-refractivity contribution in [2.45, 2.75) is 39.3 Å². The van der Waals surface area contributed by atoms with Crippen LogP contribution in [0.25, 0.3) is 0 Å². The van der Waals surface area contributed by atoms with E-state index in [1.165, 1.54) is 6.92 Å². The van der Waals surface area contributed by atoms with E-state index in [2.05, 4.69) is 0 Å². The highest BCUT2D eigenvalue weighted by molar-refractivity contribution is 4.63. The largest absolute Gasteiger partial charge is 0.393 e. The highest BCUT2D eigenvalue weighted by Gasteiger charge is 2.20. The fourth-order valence-electron chi connectivity index (χ4n) is 0.708. The molecule has 0 aromatic rings. The molecule has 0 amide bonds. The maximum Gasteiger partial charge on any atom is 0.212 e. The predicted octanol–water partition coefficient (Wildman–Crippen LogP) is 1.06. The van der Waals surface area contributed by atoms with Gasteiger partial charge in [0.05, 0.1) is 6.10 Å². The van der Waals surface area contributed by atoms with Gasteiger partial charge in [-0.15, -0.1) is 0 Å². The predicted molar refractivity (Wildman–Crippen MR) is 41.9 cm³/mol. The summed E-state index contributed by atoms with van der Waals surface area (Å²) in [6.45, 7) is 5.19. The topological polar surface area (TPSA) is 63.4 Å². The summed E-state index contributed by atoms with van der Waals surface area (Å²) < 4.78 is 0. The van der Waals surface area contributed by atoms with Gasteiger partial charge in [-0.2, -0.15) is 0 Å². The van der Waals surface area contributed by atoms with Crippen LogP contribution >= 0.6 is 0 Å². The Morgan fingerprint density at radius 3 is 2.18 bits per heavy atom. The van der Waals surface area contributed by atoms with Gasteiger partial charge in [-0.05, 0) is 5.92 Å². The molecule has 11 heavy (non-hydrogen) atoms. The summed E-state index contributed by atoms with van der Waals surface area (Å²) in [5.74, 6) is 0.0948. The average molecular weight is 161 g/mol. The minimum Gasteiger partial charge on any atom is -0.393 e. The number of rotatable bonds is 4. The van der Waals surface area contributed by atoms with E-state index in [-0.39, 0.29) is 17.3 Å². The maximum atomic E-state index is 10.2. The van der Waals surface area contributed by atoms with Crippen LogP contribution in [0.1, 0.15) is 27.2 Å². The van der Waals surface area contributed by atoms with Crippen LogP contribution < -0.4 is 0 Å². The average Bonchev–Trinajstić information content (AvgIpc) is 1.87. The second-order valence-corrected chi connectivity index (χ2v) is 3.18. The molecule has 0 aliphatic carbocycles. The lowest BCUT2D eigenvalue weighted by molar-refractivity contribution is -0.520. The molecule has 4 nitrogen and oxygen atoms in total. The van der Waals surface area contributed by atoms with Crippen LogP contribution in [0.3, 0.4) is 0 Å². The molecule has 0 heterocycles. The van der Waals surface area contributed by atoms with Crippen molar-refractivity contribution in [1.29, 1.82) is 0 Å². The third-order valence-electron chi connectivity index (χ3n) is 1.71. The first-order valence-electron chi connectivity index (χ1n) is 3.76. The summed E-state index contributed by atoms with van der Waals surface area (Å²) in [4.78, 5) is 9.78. The molecule has 0 aliphatic heterocycles. The van der Waals surface area contributed by atoms with Crippen LogP contribution in [-0.4, -0.2) is 22.2 Å². The van der Waals surface area contributed by atoms with Gasteiger partial charge in [0.1, 0.15) is 0 Å². The van der Waals surface area contributed by atoms with E-state index < -0.39 is 12.1 Å². The van der Waals surface area contributed by atoms with Crippen LogP contribution in [0.2, 0.25) is 0 Å². The van der Waals surface area contributed by atoms with Gasteiger partial charge in [0.2, 0.25) is 6.04 Å². The Bertz CT molecular complexity index is 136. The molecule has 0 radical (unpaired) electrons. The molecule has 0 aromatic heterocycles. The summed E-state index contributed by atoms with van der Waals surface area (Å²) in [5.41, 5.74) is 0. The zero-order chi connectivity index (χ0) is 9.02. The molecule has 0 bridgehead atoms. The lowest BCUT2D eigenvalue weighted by Crippen LogP contribution is -2.25. The van der Waals surface area contributed by atoms with Crippen molar-refractivity contribution in [2.24, 2.45) is 5.92 Å². The maximum absolute atomic E-state index is 10.2. The van der Waals surface area contributed by atoms with Gasteiger partial charge in [-0.3, -0.25) is 10.1 Å². The summed E-state index contributed by atoms with van der Waals surface area (Å²) in [7, 11) is 0. The zero-order valence-corrected chi connectivity index (χ0v) is 7.15. The van der Waals surface area contributed by atoms with Crippen LogP contribution in [0.15, 0.2) is 0 Å². The normalized spacial score (nSPS) is 16.5. The first kappa shape index (κ1) is 10.4. The first-order chi connectivity index (χ1) is 4.95. The van der Waals surface area contributed by atoms with Gasteiger partial charge in [0.15, 0.2) is 0 Å². The van der Waals surface area contributed by atoms with Crippen molar-refractivity contribution in [3.63, 3.8) is 0 Å². The molecule has 0 saturated heterocycles. The molecular formula is C7H15NO3. The molecule has 66 valence electrons. The lowest BCUT2D eigenvalue weighted by atomic mass is 10.0. The first-order valence-corrected chi connectivity index (χ1v) is 3.76. The minimum atomic E-state index is -0.646. The van der Waals surface area contributed by atoms with Gasteiger partial charge < -0.3 is 5.11 Å². The van der Waals surface area contributed by atoms with Crippen molar-refractivity contribution in [1.82, 2.24) is 0 Å². The Hall–Kier alpha value is -0.640. The second-order valence-electron chi connectivity index (χ2n) is 3.18. The molecule has 1 unspecified atom stereocenters. The van der Waals surface area contributed by atoms with Gasteiger partial charge in [0.25, 0.3) is 0 Å². The summed E-state index contributed by atoms with van der Waals surface area (Å²) in [6, 6.07) is -0.646. The van der Waals surface area contributed by atoms with Gasteiger partial charge in [-0.1, -0.05) is 13.8 Å². The number of nitrogens with zero attached hydrogens (tertiary/aromatic N) is 1. The van der Waals surface area contributed by atoms with Crippen molar-refractivity contribution >= 4 is 0 Å². The molecule has 0 aliphatic rings. The van der Waals surface area contributed by atoms with E-state index in [0.29, 0.717) is 0 Å². The standard InChI is InChI=1S/C7H15NO3/c1-5(2)7(9)4-6(3)8(10)11/h5-7,9H,4H2,1-3H3/t6?,7-/m1/s1.